The lowest BCUT2D eigenvalue weighted by Gasteiger charge is -2.06. The lowest BCUT2D eigenvalue weighted by molar-refractivity contribution is 0.616. The molecule has 0 aliphatic carbocycles. The van der Waals surface area contributed by atoms with Crippen LogP contribution in [0.1, 0.15) is 10.4 Å². The van der Waals surface area contributed by atoms with Crippen LogP contribution in [0.2, 0.25) is 0 Å². The van der Waals surface area contributed by atoms with Crippen LogP contribution in [0, 0.1) is 5.82 Å². The van der Waals surface area contributed by atoms with Crippen LogP contribution in [0.15, 0.2) is 33.4 Å². The maximum Gasteiger partial charge on any atom is 0.204 e. The van der Waals surface area contributed by atoms with E-state index in [9.17, 15) is 4.39 Å². The van der Waals surface area contributed by atoms with Crippen molar-refractivity contribution in [1.82, 2.24) is 0 Å². The van der Waals surface area contributed by atoms with Gasteiger partial charge in [0.25, 0.3) is 0 Å². The second kappa shape index (κ2) is 5.80. The molecule has 1 aliphatic rings. The third-order valence-electron chi connectivity index (χ3n) is 2.06. The zero-order valence-corrected chi connectivity index (χ0v) is 10.9. The molecule has 0 atom stereocenters. The standard InChI is InChI=1S/C10H8Cl2FN3S/c11-9(12)8-6(13)2-1-3-7(8)15-16-10-14-4-5-17-10/h1-3,9H,4-5H2. The Hall–Kier alpha value is -0.650. The van der Waals surface area contributed by atoms with Crippen LogP contribution in [0.3, 0.4) is 0 Å². The topological polar surface area (TPSA) is 37.1 Å². The monoisotopic (exact) mass is 291 g/mol. The zero-order valence-electron chi connectivity index (χ0n) is 8.61. The van der Waals surface area contributed by atoms with E-state index in [1.54, 1.807) is 6.07 Å². The molecule has 0 radical (unpaired) electrons. The summed E-state index contributed by atoms with van der Waals surface area (Å²) in [6, 6.07) is 4.43. The van der Waals surface area contributed by atoms with Gasteiger partial charge in [-0.2, -0.15) is 0 Å². The van der Waals surface area contributed by atoms with Gasteiger partial charge in [-0.25, -0.2) is 4.39 Å². The minimum absolute atomic E-state index is 0.142. The number of benzene rings is 1. The van der Waals surface area contributed by atoms with Crippen molar-refractivity contribution in [3.63, 3.8) is 0 Å². The van der Waals surface area contributed by atoms with E-state index in [4.69, 9.17) is 23.2 Å². The molecule has 0 spiro atoms. The lowest BCUT2D eigenvalue weighted by atomic mass is 10.2. The molecule has 1 aromatic carbocycles. The van der Waals surface area contributed by atoms with E-state index in [2.05, 4.69) is 15.2 Å². The van der Waals surface area contributed by atoms with E-state index >= 15 is 0 Å². The summed E-state index contributed by atoms with van der Waals surface area (Å²) in [7, 11) is 0. The third kappa shape index (κ3) is 3.18. The smallest absolute Gasteiger partial charge is 0.204 e. The van der Waals surface area contributed by atoms with Gasteiger partial charge in [0.2, 0.25) is 5.17 Å². The average Bonchev–Trinajstić information content (AvgIpc) is 2.78. The Balaban J connectivity index is 2.28. The second-order valence-corrected chi connectivity index (χ2v) is 5.34. The molecule has 0 bridgehead atoms. The van der Waals surface area contributed by atoms with Gasteiger partial charge in [0, 0.05) is 11.3 Å². The quantitative estimate of drug-likeness (QED) is 0.584. The van der Waals surface area contributed by atoms with Crippen molar-refractivity contribution in [2.24, 2.45) is 15.2 Å². The van der Waals surface area contributed by atoms with Gasteiger partial charge in [0.1, 0.15) is 10.7 Å². The first-order valence-corrected chi connectivity index (χ1v) is 6.70. The Labute approximate surface area is 112 Å². The molecule has 90 valence electrons. The molecular weight excluding hydrogens is 284 g/mol. The highest BCUT2D eigenvalue weighted by atomic mass is 35.5. The van der Waals surface area contributed by atoms with Gasteiger partial charge in [0.05, 0.1) is 12.2 Å². The van der Waals surface area contributed by atoms with E-state index in [-0.39, 0.29) is 5.56 Å². The minimum Gasteiger partial charge on any atom is -0.258 e. The van der Waals surface area contributed by atoms with Gasteiger partial charge in [-0.1, -0.05) is 41.0 Å². The van der Waals surface area contributed by atoms with Crippen molar-refractivity contribution in [1.29, 1.82) is 0 Å². The molecule has 1 heterocycles. The number of azo groups is 1. The van der Waals surface area contributed by atoms with Crippen LogP contribution in [-0.2, 0) is 0 Å². The van der Waals surface area contributed by atoms with Gasteiger partial charge in [-0.05, 0) is 12.1 Å². The predicted octanol–water partition coefficient (Wildman–Crippen LogP) is 4.49. The number of hydrogen-bond acceptors (Lipinski definition) is 4. The summed E-state index contributed by atoms with van der Waals surface area (Å²) in [6.45, 7) is 0.739. The highest BCUT2D eigenvalue weighted by Gasteiger charge is 2.15. The fourth-order valence-electron chi connectivity index (χ4n) is 1.31. The lowest BCUT2D eigenvalue weighted by Crippen LogP contribution is -1.89. The number of rotatable bonds is 2. The van der Waals surface area contributed by atoms with E-state index in [1.165, 1.54) is 23.9 Å². The molecule has 0 aromatic heterocycles. The van der Waals surface area contributed by atoms with Crippen LogP contribution in [0.5, 0.6) is 0 Å². The number of thioether (sulfide) groups is 1. The summed E-state index contributed by atoms with van der Waals surface area (Å²) in [5, 5.41) is 8.46. The summed E-state index contributed by atoms with van der Waals surface area (Å²) in [6.07, 6.45) is 0. The Morgan fingerprint density at radius 1 is 1.35 bits per heavy atom. The van der Waals surface area contributed by atoms with Crippen molar-refractivity contribution in [2.75, 3.05) is 12.3 Å². The first-order valence-electron chi connectivity index (χ1n) is 4.84. The largest absolute Gasteiger partial charge is 0.258 e. The van der Waals surface area contributed by atoms with E-state index in [1.807, 2.05) is 0 Å². The summed E-state index contributed by atoms with van der Waals surface area (Å²) < 4.78 is 13.5. The molecule has 1 aromatic rings. The summed E-state index contributed by atoms with van der Waals surface area (Å²) in [5.41, 5.74) is 0.471. The van der Waals surface area contributed by atoms with Crippen LogP contribution >= 0.6 is 35.0 Å². The SMILES string of the molecule is Fc1cccc(N=NC2=NCCS2)c1C(Cl)Cl. The Bertz CT molecular complexity index is 477. The molecule has 0 N–H and O–H groups in total. The Morgan fingerprint density at radius 3 is 2.82 bits per heavy atom. The molecule has 7 heteroatoms. The number of amidine groups is 1. The maximum absolute atomic E-state index is 13.5. The number of halogens is 3. The maximum atomic E-state index is 13.5. The molecule has 17 heavy (non-hydrogen) atoms. The molecule has 3 nitrogen and oxygen atoms in total. The molecule has 0 fully saturated rings. The van der Waals surface area contributed by atoms with Crippen molar-refractivity contribution in [3.05, 3.63) is 29.6 Å². The number of aliphatic imine (C=N–C) groups is 1. The first kappa shape index (κ1) is 12.8. The highest BCUT2D eigenvalue weighted by Crippen LogP contribution is 2.35. The van der Waals surface area contributed by atoms with Gasteiger partial charge in [0.15, 0.2) is 0 Å². The molecular formula is C10H8Cl2FN3S. The van der Waals surface area contributed by atoms with Crippen molar-refractivity contribution >= 4 is 45.8 Å². The second-order valence-electron chi connectivity index (χ2n) is 3.19. The van der Waals surface area contributed by atoms with E-state index in [0.29, 0.717) is 10.9 Å². The van der Waals surface area contributed by atoms with E-state index in [0.717, 1.165) is 12.3 Å². The van der Waals surface area contributed by atoms with Gasteiger partial charge in [-0.15, -0.1) is 10.2 Å². The zero-order chi connectivity index (χ0) is 12.3. The molecule has 0 amide bonds. The normalized spacial score (nSPS) is 15.9. The molecule has 0 saturated carbocycles. The fraction of sp³-hybridized carbons (Fsp3) is 0.300. The van der Waals surface area contributed by atoms with Gasteiger partial charge >= 0.3 is 0 Å². The first-order chi connectivity index (χ1) is 8.18. The Kier molecular flexibility index (Phi) is 4.36. The molecule has 2 rings (SSSR count). The van der Waals surface area contributed by atoms with Crippen LogP contribution in [-0.4, -0.2) is 17.5 Å². The van der Waals surface area contributed by atoms with Crippen LogP contribution in [0.4, 0.5) is 10.1 Å². The minimum atomic E-state index is -0.969. The summed E-state index contributed by atoms with van der Waals surface area (Å²) in [4.78, 5) is 3.14. The summed E-state index contributed by atoms with van der Waals surface area (Å²) in [5.74, 6) is 0.412. The number of hydrogen-bond donors (Lipinski definition) is 0. The fourth-order valence-corrected chi connectivity index (χ4v) is 2.39. The van der Waals surface area contributed by atoms with Gasteiger partial charge < -0.3 is 0 Å². The number of nitrogens with zero attached hydrogens (tertiary/aromatic N) is 3. The highest BCUT2D eigenvalue weighted by molar-refractivity contribution is 8.14. The molecule has 0 unspecified atom stereocenters. The van der Waals surface area contributed by atoms with Gasteiger partial charge in [-0.3, -0.25) is 4.99 Å². The van der Waals surface area contributed by atoms with Crippen molar-refractivity contribution in [2.45, 2.75) is 4.84 Å². The van der Waals surface area contributed by atoms with Crippen molar-refractivity contribution in [3.8, 4) is 0 Å². The van der Waals surface area contributed by atoms with Crippen LogP contribution < -0.4 is 0 Å². The predicted molar refractivity (Wildman–Crippen MR) is 70.1 cm³/mol. The van der Waals surface area contributed by atoms with Crippen molar-refractivity contribution < 1.29 is 4.39 Å². The third-order valence-corrected chi connectivity index (χ3v) is 3.35. The average molecular weight is 292 g/mol. The number of alkyl halides is 2. The molecule has 1 aliphatic heterocycles. The van der Waals surface area contributed by atoms with E-state index < -0.39 is 10.7 Å². The Morgan fingerprint density at radius 2 is 2.18 bits per heavy atom. The van der Waals surface area contributed by atoms with Crippen LogP contribution in [0.25, 0.3) is 0 Å². The molecule has 0 saturated heterocycles. The summed E-state index contributed by atoms with van der Waals surface area (Å²) >= 11 is 12.9.